The smallest absolute Gasteiger partial charge is 0.235 e. The molecule has 1 aromatic rings. The van der Waals surface area contributed by atoms with Crippen LogP contribution >= 0.6 is 0 Å². The average molecular weight is 500 g/mol. The Morgan fingerprint density at radius 2 is 1.92 bits per heavy atom. The lowest BCUT2D eigenvalue weighted by Gasteiger charge is -2.52. The largest absolute Gasteiger partial charge is 0.507 e. The number of rotatable bonds is 6. The molecule has 6 atom stereocenters. The van der Waals surface area contributed by atoms with Crippen LogP contribution in [0.15, 0.2) is 18.7 Å². The molecule has 5 N–H and O–H groups in total. The minimum atomic E-state index is -2.75. The van der Waals surface area contributed by atoms with Gasteiger partial charge in [-0.2, -0.15) is 0 Å². The average Bonchev–Trinajstić information content (AvgIpc) is 2.79. The number of hydroxylamine groups is 1. The van der Waals surface area contributed by atoms with Crippen LogP contribution in [0.25, 0.3) is 5.70 Å². The van der Waals surface area contributed by atoms with E-state index >= 15 is 0 Å². The summed E-state index contributed by atoms with van der Waals surface area (Å²) >= 11 is 0. The second-order valence-corrected chi connectivity index (χ2v) is 9.79. The first-order valence-corrected chi connectivity index (χ1v) is 11.6. The molecule has 0 saturated heterocycles. The summed E-state index contributed by atoms with van der Waals surface area (Å²) in [6, 6.07) is 1.72. The van der Waals surface area contributed by atoms with Crippen LogP contribution in [-0.4, -0.2) is 76.5 Å². The van der Waals surface area contributed by atoms with Gasteiger partial charge in [-0.3, -0.25) is 39.2 Å². The van der Waals surface area contributed by atoms with Crippen molar-refractivity contribution in [3.63, 3.8) is 0 Å². The van der Waals surface area contributed by atoms with E-state index in [2.05, 4.69) is 12.1 Å². The highest BCUT2D eigenvalue weighted by Crippen LogP contribution is 2.51. The molecule has 2 unspecified atom stereocenters. The standard InChI is InChI=1S/C25H29N3O8/c1-5-36-27-10(2)12-6-7-15(29)17-13(12)8-11-9-14-19(28(3)4)21(31)18(24(26)34)23(33)25(14,35)22(32)16(11)20(17)30/h6-7,11,14,16,18-19,27,29,35H,2,5,8-9H2,1,3-4H3,(H2,26,34)/t11-,14-,16?,18?,19-,25-/m0/s1. The third kappa shape index (κ3) is 3.49. The summed E-state index contributed by atoms with van der Waals surface area (Å²) in [5.74, 6) is -10.8. The summed E-state index contributed by atoms with van der Waals surface area (Å²) in [6.07, 6.45) is 0.118. The van der Waals surface area contributed by atoms with Crippen LogP contribution in [0.5, 0.6) is 5.75 Å². The Hall–Kier alpha value is -3.41. The predicted molar refractivity (Wildman–Crippen MR) is 125 cm³/mol. The Labute approximate surface area is 207 Å². The van der Waals surface area contributed by atoms with E-state index in [0.717, 1.165) is 0 Å². The molecule has 0 heterocycles. The zero-order valence-corrected chi connectivity index (χ0v) is 20.2. The summed E-state index contributed by atoms with van der Waals surface area (Å²) in [6.45, 7) is 6.04. The zero-order valence-electron chi connectivity index (χ0n) is 20.2. The van der Waals surface area contributed by atoms with Crippen molar-refractivity contribution < 1.29 is 39.0 Å². The fourth-order valence-electron chi connectivity index (χ4n) is 6.10. The van der Waals surface area contributed by atoms with Crippen LogP contribution in [0.1, 0.15) is 34.8 Å². The molecule has 2 fully saturated rings. The number of nitrogens with zero attached hydrogens (tertiary/aromatic N) is 1. The highest BCUT2D eigenvalue weighted by molar-refractivity contribution is 6.32. The number of hydrogen-bond acceptors (Lipinski definition) is 10. The number of carbonyl (C=O) groups is 5. The number of ketones is 4. The molecule has 0 spiro atoms. The summed E-state index contributed by atoms with van der Waals surface area (Å²) in [7, 11) is 3.07. The molecule has 1 aromatic carbocycles. The van der Waals surface area contributed by atoms with Crippen molar-refractivity contribution in [1.29, 1.82) is 0 Å². The Kier molecular flexibility index (Phi) is 6.36. The minimum Gasteiger partial charge on any atom is -0.507 e. The van der Waals surface area contributed by atoms with Crippen LogP contribution in [0, 0.1) is 23.7 Å². The van der Waals surface area contributed by atoms with Gasteiger partial charge in [0.25, 0.3) is 0 Å². The number of fused-ring (bicyclic) bond motifs is 3. The maximum Gasteiger partial charge on any atom is 0.235 e. The molecule has 36 heavy (non-hydrogen) atoms. The number of benzene rings is 1. The van der Waals surface area contributed by atoms with E-state index in [-0.39, 0.29) is 24.2 Å². The number of likely N-dealkylation sites (N-methyl/N-ethyl adjacent to an activating group) is 1. The van der Waals surface area contributed by atoms with Gasteiger partial charge < -0.3 is 15.9 Å². The van der Waals surface area contributed by atoms with Gasteiger partial charge in [-0.05, 0) is 57.5 Å². The normalized spacial score (nSPS) is 31.5. The first-order valence-electron chi connectivity index (χ1n) is 11.6. The summed E-state index contributed by atoms with van der Waals surface area (Å²) in [5, 5.41) is 22.1. The number of phenols is 1. The molecule has 1 amide bonds. The molecular formula is C25H29N3O8. The van der Waals surface area contributed by atoms with Gasteiger partial charge in [0.1, 0.15) is 5.75 Å². The third-order valence-electron chi connectivity index (χ3n) is 7.61. The number of primary amides is 1. The van der Waals surface area contributed by atoms with E-state index in [0.29, 0.717) is 23.4 Å². The van der Waals surface area contributed by atoms with Gasteiger partial charge in [-0.1, -0.05) is 6.58 Å². The number of phenolic OH excluding ortho intramolecular Hbond substituents is 1. The Bertz CT molecular complexity index is 1210. The van der Waals surface area contributed by atoms with E-state index in [4.69, 9.17) is 10.6 Å². The molecule has 0 radical (unpaired) electrons. The van der Waals surface area contributed by atoms with Gasteiger partial charge in [0.15, 0.2) is 34.7 Å². The molecule has 192 valence electrons. The quantitative estimate of drug-likeness (QED) is 0.291. The number of hydrogen-bond donors (Lipinski definition) is 4. The highest BCUT2D eigenvalue weighted by atomic mass is 16.6. The molecule has 11 nitrogen and oxygen atoms in total. The van der Waals surface area contributed by atoms with Crippen LogP contribution in [0.3, 0.4) is 0 Å². The maximum atomic E-state index is 13.8. The second-order valence-electron chi connectivity index (χ2n) is 9.79. The van der Waals surface area contributed by atoms with Gasteiger partial charge in [-0.15, -0.1) is 0 Å². The predicted octanol–water partition coefficient (Wildman–Crippen LogP) is -0.621. The van der Waals surface area contributed by atoms with Gasteiger partial charge in [0.2, 0.25) is 5.91 Å². The van der Waals surface area contributed by atoms with Gasteiger partial charge >= 0.3 is 0 Å². The molecule has 2 saturated carbocycles. The first kappa shape index (κ1) is 25.7. The van der Waals surface area contributed by atoms with E-state index in [9.17, 15) is 34.2 Å². The molecule has 0 aromatic heterocycles. The molecule has 4 rings (SSSR count). The van der Waals surface area contributed by atoms with E-state index < -0.39 is 64.4 Å². The van der Waals surface area contributed by atoms with Gasteiger partial charge in [-0.25, -0.2) is 0 Å². The van der Waals surface area contributed by atoms with Crippen LogP contribution < -0.4 is 11.2 Å². The topological polar surface area (TPSA) is 176 Å². The van der Waals surface area contributed by atoms with Crippen LogP contribution in [0.2, 0.25) is 0 Å². The van der Waals surface area contributed by atoms with Crippen molar-refractivity contribution in [2.75, 3.05) is 20.7 Å². The van der Waals surface area contributed by atoms with Crippen LogP contribution in [-0.2, 0) is 30.4 Å². The van der Waals surface area contributed by atoms with Gasteiger partial charge in [0, 0.05) is 11.5 Å². The maximum absolute atomic E-state index is 13.8. The number of Topliss-reactive ketones (excluding diaryl/α,β-unsaturated/α-hetero) is 4. The molecule has 0 aliphatic heterocycles. The van der Waals surface area contributed by atoms with Crippen molar-refractivity contribution in [3.8, 4) is 5.75 Å². The van der Waals surface area contributed by atoms with Crippen molar-refractivity contribution in [2.24, 2.45) is 29.4 Å². The summed E-state index contributed by atoms with van der Waals surface area (Å²) < 4.78 is 0. The second kappa shape index (κ2) is 8.91. The lowest BCUT2D eigenvalue weighted by Crippen LogP contribution is -2.74. The van der Waals surface area contributed by atoms with Crippen LogP contribution in [0.4, 0.5) is 0 Å². The molecule has 3 aliphatic carbocycles. The Morgan fingerprint density at radius 1 is 1.25 bits per heavy atom. The fourth-order valence-corrected chi connectivity index (χ4v) is 6.10. The third-order valence-corrected chi connectivity index (χ3v) is 7.61. The lowest BCUT2D eigenvalue weighted by molar-refractivity contribution is -0.181. The number of amides is 1. The lowest BCUT2D eigenvalue weighted by atomic mass is 9.52. The first-order chi connectivity index (χ1) is 16.9. The van der Waals surface area contributed by atoms with E-state index in [1.165, 1.54) is 25.1 Å². The monoisotopic (exact) mass is 499 g/mol. The number of aromatic hydroxyl groups is 1. The summed E-state index contributed by atoms with van der Waals surface area (Å²) in [5.41, 5.74) is 6.44. The molecule has 3 aliphatic rings. The number of aliphatic hydroxyl groups is 1. The van der Waals surface area contributed by atoms with Crippen molar-refractivity contribution in [1.82, 2.24) is 10.4 Å². The number of nitrogens with one attached hydrogen (secondary N) is 1. The number of nitrogens with two attached hydrogens (primary N) is 1. The Morgan fingerprint density at radius 3 is 2.50 bits per heavy atom. The molecule has 11 heteroatoms. The Balaban J connectivity index is 1.84. The van der Waals surface area contributed by atoms with Crippen molar-refractivity contribution >= 4 is 34.7 Å². The highest BCUT2D eigenvalue weighted by Gasteiger charge is 2.69. The molecular weight excluding hydrogens is 470 g/mol. The minimum absolute atomic E-state index is 0.0235. The summed E-state index contributed by atoms with van der Waals surface area (Å²) in [4.78, 5) is 72.4. The van der Waals surface area contributed by atoms with Crippen molar-refractivity contribution in [3.05, 3.63) is 35.4 Å². The zero-order chi connectivity index (χ0) is 26.7. The fraction of sp³-hybridized carbons (Fsp3) is 0.480. The van der Waals surface area contributed by atoms with Crippen molar-refractivity contribution in [2.45, 2.75) is 31.4 Å². The molecule has 0 bridgehead atoms. The van der Waals surface area contributed by atoms with Gasteiger partial charge in [0.05, 0.1) is 29.8 Å². The van der Waals surface area contributed by atoms with E-state index in [1.54, 1.807) is 13.0 Å². The number of carbonyl (C=O) groups excluding carboxylic acids is 5. The van der Waals surface area contributed by atoms with E-state index in [1.807, 2.05) is 0 Å². The SMILES string of the molecule is C=C(NOCC)c1ccc(O)c2c1C[C@H]1C[C@H]3[C@H](N(C)C)C(=O)C(C(N)=O)C(=O)[C@@]3(O)C(=O)C1C2=O.